The molecule has 0 saturated carbocycles. The predicted molar refractivity (Wildman–Crippen MR) is 137 cm³/mol. The lowest BCUT2D eigenvalue weighted by atomic mass is 9.90. The van der Waals surface area contributed by atoms with Gasteiger partial charge in [-0.3, -0.25) is 14.6 Å². The summed E-state index contributed by atoms with van der Waals surface area (Å²) in [5.74, 6) is 0.441. The van der Waals surface area contributed by atoms with Crippen LogP contribution in [0.2, 0.25) is 0 Å². The summed E-state index contributed by atoms with van der Waals surface area (Å²) in [4.78, 5) is 34.4. The quantitative estimate of drug-likeness (QED) is 0.294. The third kappa shape index (κ3) is 6.77. The van der Waals surface area contributed by atoms with E-state index in [0.29, 0.717) is 36.8 Å². The number of nitriles is 1. The predicted octanol–water partition coefficient (Wildman–Crippen LogP) is 4.41. The maximum absolute atomic E-state index is 13.0. The van der Waals surface area contributed by atoms with E-state index in [9.17, 15) is 14.9 Å². The van der Waals surface area contributed by atoms with Crippen molar-refractivity contribution in [3.8, 4) is 6.07 Å². The minimum Gasteiger partial charge on any atom is -0.378 e. The summed E-state index contributed by atoms with van der Waals surface area (Å²) in [7, 11) is 3.88. The molecule has 0 bridgehead atoms. The fourth-order valence-corrected chi connectivity index (χ4v) is 5.13. The van der Waals surface area contributed by atoms with Crippen LogP contribution in [-0.2, 0) is 9.53 Å². The molecule has 7 heteroatoms. The number of allylic oxidation sites excluding steroid dienone is 1. The Bertz CT molecular complexity index is 994. The van der Waals surface area contributed by atoms with E-state index in [0.717, 1.165) is 49.9 Å². The molecule has 35 heavy (non-hydrogen) atoms. The van der Waals surface area contributed by atoms with E-state index in [1.165, 1.54) is 19.8 Å². The molecular weight excluding hydrogens is 440 g/mol. The van der Waals surface area contributed by atoms with E-state index in [-0.39, 0.29) is 22.7 Å². The molecule has 0 unspecified atom stereocenters. The summed E-state index contributed by atoms with van der Waals surface area (Å²) in [6, 6.07) is 3.91. The van der Waals surface area contributed by atoms with Crippen LogP contribution in [0.15, 0.2) is 17.8 Å². The molecular formula is C28H40N4O3. The molecule has 1 aromatic heterocycles. The minimum absolute atomic E-state index is 0.0189. The van der Waals surface area contributed by atoms with Gasteiger partial charge in [0, 0.05) is 38.4 Å². The van der Waals surface area contributed by atoms with Gasteiger partial charge in [0.1, 0.15) is 17.3 Å². The minimum atomic E-state index is -0.273. The fourth-order valence-electron chi connectivity index (χ4n) is 5.13. The Labute approximate surface area is 210 Å². The SMILES string of the molecule is COC1(C)CCN(/C(=C(\C#N)C(C)=O)c2cc(C(=O)CCCC3CCN(C)CC3)ncc2C)CC1. The van der Waals surface area contributed by atoms with Crippen molar-refractivity contribution in [1.29, 1.82) is 5.26 Å². The van der Waals surface area contributed by atoms with Crippen LogP contribution >= 0.6 is 0 Å². The van der Waals surface area contributed by atoms with Gasteiger partial charge in [-0.25, -0.2) is 0 Å². The summed E-state index contributed by atoms with van der Waals surface area (Å²) >= 11 is 0. The Morgan fingerprint density at radius 2 is 1.89 bits per heavy atom. The molecule has 0 spiro atoms. The average Bonchev–Trinajstić information content (AvgIpc) is 2.84. The zero-order valence-corrected chi connectivity index (χ0v) is 22.0. The largest absolute Gasteiger partial charge is 0.378 e. The first-order valence-electron chi connectivity index (χ1n) is 12.8. The third-order valence-corrected chi connectivity index (χ3v) is 7.83. The number of piperidine rings is 2. The molecule has 190 valence electrons. The number of hydrogen-bond acceptors (Lipinski definition) is 7. The van der Waals surface area contributed by atoms with Crippen molar-refractivity contribution in [3.05, 3.63) is 34.7 Å². The highest BCUT2D eigenvalue weighted by Crippen LogP contribution is 2.33. The van der Waals surface area contributed by atoms with E-state index in [1.54, 1.807) is 19.4 Å². The van der Waals surface area contributed by atoms with Gasteiger partial charge in [-0.15, -0.1) is 0 Å². The van der Waals surface area contributed by atoms with Crippen LogP contribution in [0.3, 0.4) is 0 Å². The summed E-state index contributed by atoms with van der Waals surface area (Å²) in [5.41, 5.74) is 2.51. The zero-order chi connectivity index (χ0) is 25.6. The lowest BCUT2D eigenvalue weighted by molar-refractivity contribution is -0.113. The Balaban J connectivity index is 1.81. The molecule has 2 saturated heterocycles. The lowest BCUT2D eigenvalue weighted by Gasteiger charge is -2.41. The molecule has 1 aromatic rings. The fraction of sp³-hybridized carbons (Fsp3) is 0.643. The number of pyridine rings is 1. The number of Topliss-reactive ketones (excluding diaryl/α,β-unsaturated/α-hetero) is 2. The van der Waals surface area contributed by atoms with Gasteiger partial charge >= 0.3 is 0 Å². The first-order valence-corrected chi connectivity index (χ1v) is 12.8. The van der Waals surface area contributed by atoms with Crippen LogP contribution in [0.25, 0.3) is 5.70 Å². The summed E-state index contributed by atoms with van der Waals surface area (Å²) in [5, 5.41) is 9.87. The maximum Gasteiger partial charge on any atom is 0.181 e. The number of carbonyl (C=O) groups is 2. The average molecular weight is 481 g/mol. The number of hydrogen-bond donors (Lipinski definition) is 0. The van der Waals surface area contributed by atoms with Crippen LogP contribution in [0.4, 0.5) is 0 Å². The van der Waals surface area contributed by atoms with Crippen LogP contribution in [0.1, 0.15) is 80.4 Å². The molecule has 0 aliphatic carbocycles. The maximum atomic E-state index is 13.0. The number of rotatable bonds is 9. The van der Waals surface area contributed by atoms with Gasteiger partial charge in [0.15, 0.2) is 11.6 Å². The highest BCUT2D eigenvalue weighted by molar-refractivity contribution is 6.05. The first-order chi connectivity index (χ1) is 16.7. The van der Waals surface area contributed by atoms with Gasteiger partial charge in [0.2, 0.25) is 0 Å². The number of ether oxygens (including phenoxy) is 1. The van der Waals surface area contributed by atoms with Gasteiger partial charge in [-0.1, -0.05) is 0 Å². The Kier molecular flexibility index (Phi) is 9.21. The number of methoxy groups -OCH3 is 1. The Morgan fingerprint density at radius 3 is 2.46 bits per heavy atom. The van der Waals surface area contributed by atoms with Gasteiger partial charge in [-0.2, -0.15) is 5.26 Å². The topological polar surface area (TPSA) is 86.5 Å². The monoisotopic (exact) mass is 480 g/mol. The molecule has 2 fully saturated rings. The summed E-state index contributed by atoms with van der Waals surface area (Å²) < 4.78 is 5.68. The van der Waals surface area contributed by atoms with Crippen LogP contribution in [-0.4, -0.2) is 72.3 Å². The van der Waals surface area contributed by atoms with E-state index in [1.807, 2.05) is 6.92 Å². The van der Waals surface area contributed by atoms with E-state index < -0.39 is 0 Å². The molecule has 0 radical (unpaired) electrons. The van der Waals surface area contributed by atoms with Gasteiger partial charge in [0.05, 0.1) is 11.3 Å². The van der Waals surface area contributed by atoms with Crippen molar-refractivity contribution >= 4 is 17.3 Å². The van der Waals surface area contributed by atoms with Gasteiger partial charge < -0.3 is 14.5 Å². The van der Waals surface area contributed by atoms with Crippen LogP contribution < -0.4 is 0 Å². The van der Waals surface area contributed by atoms with Crippen molar-refractivity contribution in [3.63, 3.8) is 0 Å². The van der Waals surface area contributed by atoms with Crippen molar-refractivity contribution in [2.45, 2.75) is 71.3 Å². The van der Waals surface area contributed by atoms with Crippen molar-refractivity contribution in [2.24, 2.45) is 5.92 Å². The highest BCUT2D eigenvalue weighted by Gasteiger charge is 2.33. The number of aryl methyl sites for hydroxylation is 1. The first kappa shape index (κ1) is 27.0. The van der Waals surface area contributed by atoms with E-state index in [2.05, 4.69) is 34.8 Å². The third-order valence-electron chi connectivity index (χ3n) is 7.83. The highest BCUT2D eigenvalue weighted by atomic mass is 16.5. The molecule has 2 aliphatic rings. The Hall–Kier alpha value is -2.56. The van der Waals surface area contributed by atoms with Crippen LogP contribution in [0.5, 0.6) is 0 Å². The van der Waals surface area contributed by atoms with E-state index >= 15 is 0 Å². The number of ketones is 2. The summed E-state index contributed by atoms with van der Waals surface area (Å²) in [6.45, 7) is 9.02. The molecule has 0 aromatic carbocycles. The summed E-state index contributed by atoms with van der Waals surface area (Å²) in [6.07, 6.45) is 8.06. The number of aromatic nitrogens is 1. The molecule has 3 heterocycles. The molecule has 2 aliphatic heterocycles. The Morgan fingerprint density at radius 1 is 1.23 bits per heavy atom. The smallest absolute Gasteiger partial charge is 0.181 e. The van der Waals surface area contributed by atoms with Gasteiger partial charge in [0.25, 0.3) is 0 Å². The zero-order valence-electron chi connectivity index (χ0n) is 22.0. The van der Waals surface area contributed by atoms with Crippen molar-refractivity contribution in [1.82, 2.24) is 14.8 Å². The second-order valence-corrected chi connectivity index (χ2v) is 10.5. The van der Waals surface area contributed by atoms with Crippen LogP contribution in [0, 0.1) is 24.2 Å². The normalized spacial score (nSPS) is 19.7. The number of carbonyl (C=O) groups excluding carboxylic acids is 2. The molecule has 7 nitrogen and oxygen atoms in total. The van der Waals surface area contributed by atoms with E-state index in [4.69, 9.17) is 4.74 Å². The lowest BCUT2D eigenvalue weighted by Crippen LogP contribution is -2.43. The molecule has 3 rings (SSSR count). The number of likely N-dealkylation sites (tertiary alicyclic amines) is 2. The second kappa shape index (κ2) is 11.9. The molecule has 0 N–H and O–H groups in total. The number of nitrogens with zero attached hydrogens (tertiary/aromatic N) is 4. The van der Waals surface area contributed by atoms with Crippen molar-refractivity contribution < 1.29 is 14.3 Å². The second-order valence-electron chi connectivity index (χ2n) is 10.5. The molecule has 0 amide bonds. The standard InChI is InChI=1S/C28H40N4O3/c1-20-19-30-25(26(34)8-6-7-22-9-13-31(4)14-10-22)17-23(20)27(24(18-29)21(2)33)32-15-11-28(3,35-5)12-16-32/h17,19,22H,6-16H2,1-5H3/b27-24+. The van der Waals surface area contributed by atoms with Gasteiger partial charge in [-0.05, 0) is 97.0 Å². The van der Waals surface area contributed by atoms with Crippen molar-refractivity contribution in [2.75, 3.05) is 40.3 Å². The molecule has 0 atom stereocenters.